The van der Waals surface area contributed by atoms with Crippen LogP contribution in [0.3, 0.4) is 0 Å². The number of hydrogen-bond acceptors (Lipinski definition) is 3. The molecule has 168 valence electrons. The molecule has 1 heterocycles. The Hall–Kier alpha value is -1.35. The van der Waals surface area contributed by atoms with Gasteiger partial charge in [-0.05, 0) is 57.7 Å². The smallest absolute Gasteiger partial charge is 0.221 e. The number of rotatable bonds is 9. The van der Waals surface area contributed by atoms with E-state index in [9.17, 15) is 4.79 Å². The second kappa shape index (κ2) is 12.5. The number of likely N-dealkylation sites (tertiary alicyclic amines) is 1. The van der Waals surface area contributed by atoms with Crippen LogP contribution in [0.1, 0.15) is 51.0 Å². The lowest BCUT2D eigenvalue weighted by atomic mass is 9.64. The summed E-state index contributed by atoms with van der Waals surface area (Å²) in [5, 5.41) is 6.87. The summed E-state index contributed by atoms with van der Waals surface area (Å²) in [5.74, 6) is 0.772. The number of guanidine groups is 1. The van der Waals surface area contributed by atoms with E-state index in [2.05, 4.69) is 52.8 Å². The minimum Gasteiger partial charge on any atom is -0.369 e. The van der Waals surface area contributed by atoms with Crippen molar-refractivity contribution >= 4 is 35.8 Å². The number of amides is 1. The fourth-order valence-corrected chi connectivity index (χ4v) is 4.51. The Labute approximate surface area is 198 Å². The molecule has 2 aliphatic rings. The molecule has 6 nitrogen and oxygen atoms in total. The summed E-state index contributed by atoms with van der Waals surface area (Å²) in [5.41, 5.74) is 7.11. The van der Waals surface area contributed by atoms with Crippen LogP contribution in [0, 0.1) is 5.92 Å². The molecule has 1 unspecified atom stereocenters. The largest absolute Gasteiger partial charge is 0.369 e. The molecule has 30 heavy (non-hydrogen) atoms. The number of carbonyl (C=O) groups is 1. The Morgan fingerprint density at radius 3 is 2.63 bits per heavy atom. The van der Waals surface area contributed by atoms with Gasteiger partial charge in [0, 0.05) is 25.0 Å². The second-order valence-electron chi connectivity index (χ2n) is 8.52. The van der Waals surface area contributed by atoms with Gasteiger partial charge in [-0.2, -0.15) is 0 Å². The number of primary amides is 1. The molecule has 1 amide bonds. The van der Waals surface area contributed by atoms with Gasteiger partial charge >= 0.3 is 0 Å². The molecular weight excluding hydrogens is 489 g/mol. The van der Waals surface area contributed by atoms with E-state index in [0.717, 1.165) is 64.5 Å². The minimum absolute atomic E-state index is 0. The second-order valence-corrected chi connectivity index (χ2v) is 8.52. The maximum absolute atomic E-state index is 11.4. The summed E-state index contributed by atoms with van der Waals surface area (Å²) >= 11 is 0. The highest BCUT2D eigenvalue weighted by Gasteiger charge is 2.38. The van der Waals surface area contributed by atoms with Gasteiger partial charge in [-0.1, -0.05) is 36.8 Å². The van der Waals surface area contributed by atoms with Gasteiger partial charge in [-0.15, -0.1) is 24.0 Å². The third-order valence-corrected chi connectivity index (χ3v) is 6.43. The van der Waals surface area contributed by atoms with Crippen LogP contribution in [0.5, 0.6) is 0 Å². The lowest BCUT2D eigenvalue weighted by molar-refractivity contribution is -0.123. The standard InChI is InChI=1S/C23H37N5O.HI/c1-2-25-22(26-14-8-16-28-15-6-9-19(17-28)21(24)29)27-18-23(12-7-13-23)20-10-4-3-5-11-20;/h3-5,10-11,19H,2,6-9,12-18H2,1H3,(H2,24,29)(H2,25,26,27);1H. The highest BCUT2D eigenvalue weighted by Crippen LogP contribution is 2.43. The summed E-state index contributed by atoms with van der Waals surface area (Å²) in [6.45, 7) is 7.53. The summed E-state index contributed by atoms with van der Waals surface area (Å²) in [4.78, 5) is 18.7. The average Bonchev–Trinajstić information content (AvgIpc) is 2.71. The molecule has 1 saturated carbocycles. The van der Waals surface area contributed by atoms with Crippen molar-refractivity contribution in [1.29, 1.82) is 0 Å². The minimum atomic E-state index is -0.155. The van der Waals surface area contributed by atoms with Crippen LogP contribution in [0.2, 0.25) is 0 Å². The van der Waals surface area contributed by atoms with Crippen LogP contribution in [-0.4, -0.2) is 56.0 Å². The fraction of sp³-hybridized carbons (Fsp3) is 0.652. The highest BCUT2D eigenvalue weighted by molar-refractivity contribution is 14.0. The molecule has 0 spiro atoms. The number of carbonyl (C=O) groups excluding carboxylic acids is 1. The van der Waals surface area contributed by atoms with Gasteiger partial charge < -0.3 is 21.3 Å². The molecule has 0 aromatic heterocycles. The van der Waals surface area contributed by atoms with Gasteiger partial charge in [0.25, 0.3) is 0 Å². The lowest BCUT2D eigenvalue weighted by Gasteiger charge is -2.41. The zero-order valence-electron chi connectivity index (χ0n) is 18.2. The molecule has 2 fully saturated rings. The first kappa shape index (κ1) is 24.9. The van der Waals surface area contributed by atoms with Crippen molar-refractivity contribution in [2.24, 2.45) is 16.6 Å². The molecule has 3 rings (SSSR count). The summed E-state index contributed by atoms with van der Waals surface area (Å²) in [7, 11) is 0. The zero-order valence-corrected chi connectivity index (χ0v) is 20.6. The number of benzene rings is 1. The van der Waals surface area contributed by atoms with Crippen molar-refractivity contribution in [2.45, 2.75) is 50.9 Å². The highest BCUT2D eigenvalue weighted by atomic mass is 127. The molecule has 1 saturated heterocycles. The van der Waals surface area contributed by atoms with Crippen LogP contribution < -0.4 is 16.4 Å². The summed E-state index contributed by atoms with van der Waals surface area (Å²) in [6.07, 6.45) is 6.75. The van der Waals surface area contributed by atoms with Gasteiger partial charge in [0.05, 0.1) is 12.5 Å². The van der Waals surface area contributed by atoms with Crippen LogP contribution in [-0.2, 0) is 10.2 Å². The topological polar surface area (TPSA) is 82.8 Å². The average molecular weight is 527 g/mol. The molecule has 1 aliphatic carbocycles. The third-order valence-electron chi connectivity index (χ3n) is 6.43. The number of nitrogens with zero attached hydrogens (tertiary/aromatic N) is 2. The maximum atomic E-state index is 11.4. The van der Waals surface area contributed by atoms with Gasteiger partial charge in [-0.3, -0.25) is 9.79 Å². The van der Waals surface area contributed by atoms with Gasteiger partial charge in [0.15, 0.2) is 5.96 Å². The first-order chi connectivity index (χ1) is 14.1. The first-order valence-electron chi connectivity index (χ1n) is 11.2. The van der Waals surface area contributed by atoms with Crippen molar-refractivity contribution in [3.63, 3.8) is 0 Å². The Morgan fingerprint density at radius 1 is 1.23 bits per heavy atom. The fourth-order valence-electron chi connectivity index (χ4n) is 4.51. The first-order valence-corrected chi connectivity index (χ1v) is 11.2. The SMILES string of the molecule is CCNC(=NCC1(c2ccccc2)CCC1)NCCCN1CCCC(C(N)=O)C1.I. The number of nitrogens with two attached hydrogens (primary N) is 1. The number of piperidine rings is 1. The Balaban J connectivity index is 0.00000320. The Kier molecular flexibility index (Phi) is 10.4. The molecule has 0 bridgehead atoms. The van der Waals surface area contributed by atoms with E-state index >= 15 is 0 Å². The van der Waals surface area contributed by atoms with Crippen LogP contribution in [0.4, 0.5) is 0 Å². The normalized spacial score (nSPS) is 21.2. The molecular formula is C23H38IN5O. The van der Waals surface area contributed by atoms with Gasteiger partial charge in [-0.25, -0.2) is 0 Å². The van der Waals surface area contributed by atoms with E-state index in [0.29, 0.717) is 0 Å². The molecule has 7 heteroatoms. The van der Waals surface area contributed by atoms with E-state index in [-0.39, 0.29) is 41.2 Å². The van der Waals surface area contributed by atoms with Gasteiger partial charge in [0.2, 0.25) is 5.91 Å². The van der Waals surface area contributed by atoms with E-state index in [1.807, 2.05) is 0 Å². The number of halogens is 1. The molecule has 1 atom stereocenters. The van der Waals surface area contributed by atoms with E-state index in [1.165, 1.54) is 24.8 Å². The van der Waals surface area contributed by atoms with E-state index in [1.54, 1.807) is 0 Å². The molecule has 1 aliphatic heterocycles. The maximum Gasteiger partial charge on any atom is 0.221 e. The van der Waals surface area contributed by atoms with Crippen LogP contribution in [0.15, 0.2) is 35.3 Å². The molecule has 4 N–H and O–H groups in total. The zero-order chi connectivity index (χ0) is 20.5. The lowest BCUT2D eigenvalue weighted by Crippen LogP contribution is -2.43. The van der Waals surface area contributed by atoms with E-state index < -0.39 is 0 Å². The summed E-state index contributed by atoms with van der Waals surface area (Å²) < 4.78 is 0. The molecule has 0 radical (unpaired) electrons. The van der Waals surface area contributed by atoms with Crippen molar-refractivity contribution < 1.29 is 4.79 Å². The Bertz CT molecular complexity index is 677. The number of nitrogens with one attached hydrogen (secondary N) is 2. The molecule has 1 aromatic carbocycles. The third kappa shape index (κ3) is 6.83. The van der Waals surface area contributed by atoms with Crippen LogP contribution in [0.25, 0.3) is 0 Å². The number of hydrogen-bond donors (Lipinski definition) is 3. The summed E-state index contributed by atoms with van der Waals surface area (Å²) in [6, 6.07) is 10.8. The monoisotopic (exact) mass is 527 g/mol. The predicted octanol–water partition coefficient (Wildman–Crippen LogP) is 2.87. The van der Waals surface area contributed by atoms with Crippen molar-refractivity contribution in [3.8, 4) is 0 Å². The predicted molar refractivity (Wildman–Crippen MR) is 134 cm³/mol. The van der Waals surface area contributed by atoms with Gasteiger partial charge in [0.1, 0.15) is 0 Å². The van der Waals surface area contributed by atoms with Crippen molar-refractivity contribution in [2.75, 3.05) is 39.3 Å². The Morgan fingerprint density at radius 2 is 2.00 bits per heavy atom. The van der Waals surface area contributed by atoms with Crippen LogP contribution >= 0.6 is 24.0 Å². The van der Waals surface area contributed by atoms with E-state index in [4.69, 9.17) is 10.7 Å². The van der Waals surface area contributed by atoms with Crippen molar-refractivity contribution in [3.05, 3.63) is 35.9 Å². The number of aliphatic imine (C=N–C) groups is 1. The van der Waals surface area contributed by atoms with Crippen molar-refractivity contribution in [1.82, 2.24) is 15.5 Å². The molecule has 1 aromatic rings. The quantitative estimate of drug-likeness (QED) is 0.200.